The van der Waals surface area contributed by atoms with E-state index in [1.165, 1.54) is 0 Å². The molecule has 1 aliphatic carbocycles. The number of rotatable bonds is 5. The van der Waals surface area contributed by atoms with Crippen LogP contribution in [0.4, 0.5) is 0 Å². The molecule has 1 atom stereocenters. The number of aromatic amines is 1. The van der Waals surface area contributed by atoms with Crippen molar-refractivity contribution in [2.45, 2.75) is 43.7 Å². The molecule has 198 valence electrons. The van der Waals surface area contributed by atoms with Crippen LogP contribution in [0.5, 0.6) is 5.75 Å². The molecule has 1 spiro atoms. The zero-order valence-corrected chi connectivity index (χ0v) is 21.9. The zero-order chi connectivity index (χ0) is 26.6. The van der Waals surface area contributed by atoms with Crippen molar-refractivity contribution in [2.75, 3.05) is 20.1 Å². The predicted molar refractivity (Wildman–Crippen MR) is 148 cm³/mol. The Labute approximate surface area is 226 Å². The molecule has 2 N–H and O–H groups in total. The van der Waals surface area contributed by atoms with Gasteiger partial charge < -0.3 is 15.0 Å². The number of hydrogen-bond donors (Lipinski definition) is 2. The Morgan fingerprint density at radius 2 is 1.97 bits per heavy atom. The van der Waals surface area contributed by atoms with Crippen LogP contribution in [0.2, 0.25) is 0 Å². The first-order chi connectivity index (χ1) is 19.0. The van der Waals surface area contributed by atoms with Crippen LogP contribution in [0, 0.1) is 5.92 Å². The molecule has 0 bridgehead atoms. The van der Waals surface area contributed by atoms with Crippen LogP contribution in [-0.2, 0) is 0 Å². The van der Waals surface area contributed by atoms with Crippen molar-refractivity contribution in [3.63, 3.8) is 0 Å². The molecule has 1 saturated carbocycles. The van der Waals surface area contributed by atoms with Crippen LogP contribution in [0.3, 0.4) is 0 Å². The maximum Gasteiger partial charge on any atom is 0.251 e. The number of H-pyrrole nitrogens is 1. The molecule has 1 amide bonds. The fourth-order valence-electron chi connectivity index (χ4n) is 5.97. The van der Waals surface area contributed by atoms with Crippen LogP contribution in [-0.4, -0.2) is 57.5 Å². The van der Waals surface area contributed by atoms with Gasteiger partial charge in [-0.2, -0.15) is 5.10 Å². The number of ether oxygens (including phenoxy) is 1. The summed E-state index contributed by atoms with van der Waals surface area (Å²) >= 11 is 0. The highest BCUT2D eigenvalue weighted by Gasteiger charge is 2.42. The number of Topliss-reactive ketones (excluding diaryl/α,β-unsaturated/α-hetero) is 1. The quantitative estimate of drug-likeness (QED) is 0.386. The number of aromatic nitrogens is 3. The lowest BCUT2D eigenvalue weighted by Crippen LogP contribution is -2.50. The summed E-state index contributed by atoms with van der Waals surface area (Å²) in [5.74, 6) is 1.05. The van der Waals surface area contributed by atoms with Gasteiger partial charge in [0.05, 0.1) is 34.9 Å². The third-order valence-corrected chi connectivity index (χ3v) is 8.47. The Balaban J connectivity index is 1.17. The molecule has 0 radical (unpaired) electrons. The average Bonchev–Trinajstić information content (AvgIpc) is 3.72. The lowest BCUT2D eigenvalue weighted by atomic mass is 9.82. The number of hydrogen-bond acceptors (Lipinski definition) is 6. The first-order valence-corrected chi connectivity index (χ1v) is 13.7. The molecule has 1 unspecified atom stereocenters. The Morgan fingerprint density at radius 1 is 1.13 bits per heavy atom. The van der Waals surface area contributed by atoms with Gasteiger partial charge in [-0.1, -0.05) is 6.07 Å². The van der Waals surface area contributed by atoms with Gasteiger partial charge in [-0.15, -0.1) is 0 Å². The number of benzene rings is 2. The Morgan fingerprint density at radius 3 is 2.74 bits per heavy atom. The van der Waals surface area contributed by atoms with Crippen LogP contribution >= 0.6 is 0 Å². The fourth-order valence-corrected chi connectivity index (χ4v) is 5.97. The average molecular weight is 522 g/mol. The number of ketones is 1. The second kappa shape index (κ2) is 9.31. The molecule has 2 aromatic carbocycles. The number of nitrogens with zero attached hydrogens (tertiary/aromatic N) is 3. The number of piperidine rings is 1. The van der Waals surface area contributed by atoms with Gasteiger partial charge in [0.25, 0.3) is 5.91 Å². The van der Waals surface area contributed by atoms with Crippen molar-refractivity contribution in [1.82, 2.24) is 25.4 Å². The van der Waals surface area contributed by atoms with Crippen molar-refractivity contribution in [2.24, 2.45) is 5.92 Å². The second-order valence-electron chi connectivity index (χ2n) is 11.3. The standard InChI is InChI=1S/C31H31N5O3/c1-36-14-11-31(12-15-36)18-26(37)23-16-20(8-10-27(23)39-31)28-22-17-21(7-9-24(22)34-35-28)30(38)33-29(19-5-6-19)25-4-2-3-13-32-25/h2-4,7-10,13,16-17,19,29H,5-6,11-12,14-15,18H2,1H3,(H,33,38)(H,34,35). The Kier molecular flexibility index (Phi) is 5.74. The molecule has 2 fully saturated rings. The second-order valence-corrected chi connectivity index (χ2v) is 11.3. The van der Waals surface area contributed by atoms with Gasteiger partial charge in [0.2, 0.25) is 0 Å². The summed E-state index contributed by atoms with van der Waals surface area (Å²) in [6.07, 6.45) is 6.06. The number of nitrogens with one attached hydrogen (secondary N) is 2. The predicted octanol–water partition coefficient (Wildman–Crippen LogP) is 4.94. The van der Waals surface area contributed by atoms with Crippen LogP contribution in [0.25, 0.3) is 22.2 Å². The molecule has 39 heavy (non-hydrogen) atoms. The summed E-state index contributed by atoms with van der Waals surface area (Å²) in [6, 6.07) is 17.0. The van der Waals surface area contributed by atoms with Crippen molar-refractivity contribution >= 4 is 22.6 Å². The van der Waals surface area contributed by atoms with Crippen molar-refractivity contribution in [3.05, 3.63) is 77.6 Å². The van der Waals surface area contributed by atoms with Crippen LogP contribution in [0.15, 0.2) is 60.8 Å². The minimum Gasteiger partial charge on any atom is -0.486 e. The van der Waals surface area contributed by atoms with E-state index in [1.807, 2.05) is 54.6 Å². The largest absolute Gasteiger partial charge is 0.486 e. The third-order valence-electron chi connectivity index (χ3n) is 8.47. The summed E-state index contributed by atoms with van der Waals surface area (Å²) in [5, 5.41) is 11.7. The highest BCUT2D eigenvalue weighted by Crippen LogP contribution is 2.42. The molecular weight excluding hydrogens is 490 g/mol. The molecular formula is C31H31N5O3. The van der Waals surface area contributed by atoms with Gasteiger partial charge in [-0.05, 0) is 74.3 Å². The lowest BCUT2D eigenvalue weighted by molar-refractivity contribution is -0.00366. The number of carbonyl (C=O) groups excluding carboxylic acids is 2. The lowest BCUT2D eigenvalue weighted by Gasteiger charge is -2.43. The van der Waals surface area contributed by atoms with Gasteiger partial charge in [0.15, 0.2) is 5.78 Å². The first kappa shape index (κ1) is 24.0. The number of carbonyl (C=O) groups is 2. The highest BCUT2D eigenvalue weighted by atomic mass is 16.5. The maximum atomic E-state index is 13.3. The molecule has 2 aliphatic heterocycles. The van der Waals surface area contributed by atoms with E-state index in [0.29, 0.717) is 34.9 Å². The van der Waals surface area contributed by atoms with Gasteiger partial charge in [-0.3, -0.25) is 19.7 Å². The molecule has 3 aliphatic rings. The molecule has 2 aromatic heterocycles. The van der Waals surface area contributed by atoms with Gasteiger partial charge in [-0.25, -0.2) is 0 Å². The molecule has 4 aromatic rings. The van der Waals surface area contributed by atoms with E-state index in [1.54, 1.807) is 6.20 Å². The Hall–Kier alpha value is -4.04. The maximum absolute atomic E-state index is 13.3. The number of amides is 1. The fraction of sp³-hybridized carbons (Fsp3) is 0.355. The zero-order valence-electron chi connectivity index (χ0n) is 21.9. The van der Waals surface area contributed by atoms with Gasteiger partial charge in [0, 0.05) is 48.6 Å². The normalized spacial score (nSPS) is 19.5. The monoisotopic (exact) mass is 521 g/mol. The summed E-state index contributed by atoms with van der Waals surface area (Å²) in [6.45, 7) is 1.86. The molecule has 8 heteroatoms. The van der Waals surface area contributed by atoms with E-state index >= 15 is 0 Å². The van der Waals surface area contributed by atoms with Gasteiger partial charge >= 0.3 is 0 Å². The minimum atomic E-state index is -0.396. The van der Waals surface area contributed by atoms with E-state index in [0.717, 1.165) is 60.9 Å². The Bertz CT molecular complexity index is 1570. The topological polar surface area (TPSA) is 100 Å². The smallest absolute Gasteiger partial charge is 0.251 e. The summed E-state index contributed by atoms with van der Waals surface area (Å²) < 4.78 is 6.45. The van der Waals surface area contributed by atoms with E-state index in [2.05, 4.69) is 32.4 Å². The van der Waals surface area contributed by atoms with E-state index in [-0.39, 0.29) is 17.7 Å². The number of fused-ring (bicyclic) bond motifs is 2. The van der Waals surface area contributed by atoms with Crippen molar-refractivity contribution in [1.29, 1.82) is 0 Å². The van der Waals surface area contributed by atoms with E-state index < -0.39 is 5.60 Å². The van der Waals surface area contributed by atoms with E-state index in [4.69, 9.17) is 4.74 Å². The summed E-state index contributed by atoms with van der Waals surface area (Å²) in [7, 11) is 2.10. The van der Waals surface area contributed by atoms with E-state index in [9.17, 15) is 9.59 Å². The first-order valence-electron chi connectivity index (χ1n) is 13.7. The van der Waals surface area contributed by atoms with Gasteiger partial charge in [0.1, 0.15) is 11.4 Å². The summed E-state index contributed by atoms with van der Waals surface area (Å²) in [4.78, 5) is 33.4. The molecule has 8 nitrogen and oxygen atoms in total. The molecule has 4 heterocycles. The minimum absolute atomic E-state index is 0.0993. The molecule has 1 saturated heterocycles. The van der Waals surface area contributed by atoms with Crippen LogP contribution < -0.4 is 10.1 Å². The highest BCUT2D eigenvalue weighted by molar-refractivity contribution is 6.04. The van der Waals surface area contributed by atoms with Crippen LogP contribution in [0.1, 0.15) is 64.6 Å². The number of likely N-dealkylation sites (tertiary alicyclic amines) is 1. The summed E-state index contributed by atoms with van der Waals surface area (Å²) in [5.41, 5.74) is 4.01. The molecule has 7 rings (SSSR count). The third kappa shape index (κ3) is 4.48. The SMILES string of the molecule is CN1CCC2(CC1)CC(=O)c1cc(-c3n[nH]c4ccc(C(=O)NC(c5ccccn5)C5CC5)cc34)ccc1O2. The van der Waals surface area contributed by atoms with Crippen molar-refractivity contribution in [3.8, 4) is 17.0 Å². The van der Waals surface area contributed by atoms with Crippen molar-refractivity contribution < 1.29 is 14.3 Å². The number of pyridine rings is 1.